The van der Waals surface area contributed by atoms with E-state index in [1.807, 2.05) is 0 Å². The molecule has 0 aromatic heterocycles. The molecule has 0 N–H and O–H groups in total. The van der Waals surface area contributed by atoms with Crippen LogP contribution in [0.4, 0.5) is 5.69 Å². The van der Waals surface area contributed by atoms with Crippen LogP contribution in [0.1, 0.15) is 25.8 Å². The molecule has 2 nitrogen and oxygen atoms in total. The highest BCUT2D eigenvalue weighted by Crippen LogP contribution is 2.37. The van der Waals surface area contributed by atoms with Crippen LogP contribution in [-0.2, 0) is 0 Å². The molecule has 1 fully saturated rings. The first-order valence-corrected chi connectivity index (χ1v) is 5.79. The van der Waals surface area contributed by atoms with E-state index in [0.29, 0.717) is 0 Å². The Morgan fingerprint density at radius 1 is 1.44 bits per heavy atom. The highest BCUT2D eigenvalue weighted by molar-refractivity contribution is 5.52. The molecule has 0 amide bonds. The molecular weight excluding hydrogens is 196 g/mol. The number of aryl methyl sites for hydroxylation is 1. The van der Waals surface area contributed by atoms with Crippen molar-refractivity contribution >= 4 is 5.69 Å². The second kappa shape index (κ2) is 3.83. The molecule has 16 heavy (non-hydrogen) atoms. The maximum absolute atomic E-state index is 9.14. The lowest BCUT2D eigenvalue weighted by molar-refractivity contribution is 0.439. The van der Waals surface area contributed by atoms with Gasteiger partial charge >= 0.3 is 0 Å². The van der Waals surface area contributed by atoms with Gasteiger partial charge in [0, 0.05) is 12.2 Å². The molecule has 1 atom stereocenters. The van der Waals surface area contributed by atoms with Crippen molar-refractivity contribution in [3.8, 4) is 6.07 Å². The van der Waals surface area contributed by atoms with E-state index in [4.69, 9.17) is 5.26 Å². The lowest BCUT2D eigenvalue weighted by Gasteiger charge is -2.35. The van der Waals surface area contributed by atoms with Gasteiger partial charge in [-0.15, -0.1) is 0 Å². The van der Waals surface area contributed by atoms with Crippen LogP contribution in [0.5, 0.6) is 0 Å². The Balaban J connectivity index is 2.34. The number of anilines is 1. The summed E-state index contributed by atoms with van der Waals surface area (Å²) in [6.07, 6.45) is 0.970. The summed E-state index contributed by atoms with van der Waals surface area (Å²) < 4.78 is 0. The highest BCUT2D eigenvalue weighted by atomic mass is 15.2. The Morgan fingerprint density at radius 2 is 2.19 bits per heavy atom. The van der Waals surface area contributed by atoms with Crippen molar-refractivity contribution in [1.29, 1.82) is 5.26 Å². The molecule has 0 radical (unpaired) electrons. The Hall–Kier alpha value is -1.49. The number of benzene rings is 1. The van der Waals surface area contributed by atoms with Gasteiger partial charge in [-0.1, -0.05) is 12.1 Å². The molecule has 2 rings (SSSR count). The Bertz CT molecular complexity index is 429. The fraction of sp³-hybridized carbons (Fsp3) is 0.500. The van der Waals surface area contributed by atoms with Crippen molar-refractivity contribution in [2.24, 2.45) is 5.92 Å². The summed E-state index contributed by atoms with van der Waals surface area (Å²) >= 11 is 0. The van der Waals surface area contributed by atoms with E-state index in [0.717, 1.165) is 13.0 Å². The molecule has 1 saturated heterocycles. The molecule has 0 aliphatic carbocycles. The van der Waals surface area contributed by atoms with Gasteiger partial charge in [-0.05, 0) is 44.9 Å². The zero-order valence-corrected chi connectivity index (χ0v) is 10.2. The standard InChI is InChI=1S/C14H18N2/c1-11-5-4-6-13(9-11)16-8-7-12(10-15)14(16,2)3/h4-6,9,12H,7-8H2,1-3H3. The topological polar surface area (TPSA) is 27.0 Å². The first-order valence-electron chi connectivity index (χ1n) is 5.79. The van der Waals surface area contributed by atoms with Crippen molar-refractivity contribution in [3.05, 3.63) is 29.8 Å². The zero-order chi connectivity index (χ0) is 11.8. The molecule has 0 bridgehead atoms. The molecular formula is C14H18N2. The molecule has 1 unspecified atom stereocenters. The first-order chi connectivity index (χ1) is 7.55. The molecule has 0 spiro atoms. The summed E-state index contributed by atoms with van der Waals surface area (Å²) in [6.45, 7) is 7.41. The van der Waals surface area contributed by atoms with Gasteiger partial charge in [0.15, 0.2) is 0 Å². The molecule has 1 heterocycles. The highest BCUT2D eigenvalue weighted by Gasteiger charge is 2.41. The zero-order valence-electron chi connectivity index (χ0n) is 10.2. The third kappa shape index (κ3) is 1.67. The molecule has 2 heteroatoms. The third-order valence-electron chi connectivity index (χ3n) is 3.66. The van der Waals surface area contributed by atoms with Crippen LogP contribution in [0.15, 0.2) is 24.3 Å². The van der Waals surface area contributed by atoms with E-state index in [1.165, 1.54) is 11.3 Å². The summed E-state index contributed by atoms with van der Waals surface area (Å²) in [6, 6.07) is 10.9. The predicted molar refractivity (Wildman–Crippen MR) is 66.3 cm³/mol. The lowest BCUT2D eigenvalue weighted by Crippen LogP contribution is -2.42. The van der Waals surface area contributed by atoms with Crippen LogP contribution in [0.25, 0.3) is 0 Å². The van der Waals surface area contributed by atoms with Crippen LogP contribution < -0.4 is 4.90 Å². The van der Waals surface area contributed by atoms with Gasteiger partial charge in [0.25, 0.3) is 0 Å². The Morgan fingerprint density at radius 3 is 2.75 bits per heavy atom. The third-order valence-corrected chi connectivity index (χ3v) is 3.66. The van der Waals surface area contributed by atoms with Crippen molar-refractivity contribution in [2.45, 2.75) is 32.7 Å². The first kappa shape index (κ1) is 11.0. The van der Waals surface area contributed by atoms with E-state index in [-0.39, 0.29) is 11.5 Å². The number of hydrogen-bond acceptors (Lipinski definition) is 2. The minimum atomic E-state index is -0.0530. The maximum Gasteiger partial charge on any atom is 0.0706 e. The van der Waals surface area contributed by atoms with E-state index in [2.05, 4.69) is 56.0 Å². The minimum Gasteiger partial charge on any atom is -0.365 e. The number of nitrogens with zero attached hydrogens (tertiary/aromatic N) is 2. The van der Waals surface area contributed by atoms with Crippen LogP contribution in [0.2, 0.25) is 0 Å². The lowest BCUT2D eigenvalue weighted by atomic mass is 9.89. The Kier molecular flexibility index (Phi) is 2.63. The number of hydrogen-bond donors (Lipinski definition) is 0. The number of rotatable bonds is 1. The molecule has 1 aromatic rings. The summed E-state index contributed by atoms with van der Waals surface area (Å²) in [7, 11) is 0. The average molecular weight is 214 g/mol. The molecule has 1 aliphatic heterocycles. The van der Waals surface area contributed by atoms with Crippen molar-refractivity contribution in [1.82, 2.24) is 0 Å². The van der Waals surface area contributed by atoms with E-state index >= 15 is 0 Å². The smallest absolute Gasteiger partial charge is 0.0706 e. The summed E-state index contributed by atoms with van der Waals surface area (Å²) in [5.74, 6) is 0.132. The van der Waals surface area contributed by atoms with Crippen LogP contribution in [0.3, 0.4) is 0 Å². The van der Waals surface area contributed by atoms with Gasteiger partial charge in [-0.3, -0.25) is 0 Å². The van der Waals surface area contributed by atoms with Gasteiger partial charge in [0.1, 0.15) is 0 Å². The van der Waals surface area contributed by atoms with Crippen LogP contribution in [-0.4, -0.2) is 12.1 Å². The summed E-state index contributed by atoms with van der Waals surface area (Å²) in [4.78, 5) is 2.36. The molecule has 1 aromatic carbocycles. The van der Waals surface area contributed by atoms with Crippen molar-refractivity contribution in [3.63, 3.8) is 0 Å². The van der Waals surface area contributed by atoms with Gasteiger partial charge in [-0.25, -0.2) is 0 Å². The summed E-state index contributed by atoms with van der Waals surface area (Å²) in [5, 5.41) is 9.14. The van der Waals surface area contributed by atoms with Crippen molar-refractivity contribution in [2.75, 3.05) is 11.4 Å². The monoisotopic (exact) mass is 214 g/mol. The fourth-order valence-corrected chi connectivity index (χ4v) is 2.57. The Labute approximate surface area is 97.5 Å². The van der Waals surface area contributed by atoms with E-state index in [1.54, 1.807) is 0 Å². The van der Waals surface area contributed by atoms with Gasteiger partial charge in [0.2, 0.25) is 0 Å². The number of nitriles is 1. The second-order valence-corrected chi connectivity index (χ2v) is 5.11. The fourth-order valence-electron chi connectivity index (χ4n) is 2.57. The maximum atomic E-state index is 9.14. The SMILES string of the molecule is Cc1cccc(N2CCC(C#N)C2(C)C)c1. The predicted octanol–water partition coefficient (Wildman–Crippen LogP) is 3.12. The van der Waals surface area contributed by atoms with Gasteiger partial charge in [-0.2, -0.15) is 5.26 Å². The van der Waals surface area contributed by atoms with E-state index in [9.17, 15) is 0 Å². The summed E-state index contributed by atoms with van der Waals surface area (Å²) in [5.41, 5.74) is 2.46. The molecule has 84 valence electrons. The minimum absolute atomic E-state index is 0.0530. The van der Waals surface area contributed by atoms with Crippen LogP contribution >= 0.6 is 0 Å². The normalized spacial score (nSPS) is 23.1. The van der Waals surface area contributed by atoms with Gasteiger partial charge in [0.05, 0.1) is 17.5 Å². The van der Waals surface area contributed by atoms with Crippen molar-refractivity contribution < 1.29 is 0 Å². The average Bonchev–Trinajstić information content (AvgIpc) is 2.53. The molecule has 0 saturated carbocycles. The van der Waals surface area contributed by atoms with Crippen LogP contribution in [0, 0.1) is 24.2 Å². The largest absolute Gasteiger partial charge is 0.365 e. The molecule has 1 aliphatic rings. The van der Waals surface area contributed by atoms with Gasteiger partial charge < -0.3 is 4.90 Å². The second-order valence-electron chi connectivity index (χ2n) is 5.11. The van der Waals surface area contributed by atoms with E-state index < -0.39 is 0 Å². The quantitative estimate of drug-likeness (QED) is 0.718.